The number of hydrogen-bond acceptors (Lipinski definition) is 4. The quantitative estimate of drug-likeness (QED) is 0.731. The second-order valence-electron chi connectivity index (χ2n) is 5.69. The Morgan fingerprint density at radius 3 is 2.58 bits per heavy atom. The van der Waals surface area contributed by atoms with Crippen LogP contribution in [-0.4, -0.2) is 14.5 Å². The summed E-state index contributed by atoms with van der Waals surface area (Å²) in [6.07, 6.45) is 5.03. The molecule has 0 aliphatic heterocycles. The van der Waals surface area contributed by atoms with Gasteiger partial charge in [-0.3, -0.25) is 0 Å². The monoisotopic (exact) mass is 281 g/mol. The minimum absolute atomic E-state index is 0.000608. The molecule has 0 saturated heterocycles. The molecule has 2 aliphatic carbocycles. The van der Waals surface area contributed by atoms with Crippen LogP contribution >= 0.6 is 0 Å². The normalized spacial score (nSPS) is 29.6. The molecule has 2 saturated carbocycles. The van der Waals surface area contributed by atoms with E-state index < -0.39 is 10.0 Å². The molecule has 1 aromatic carbocycles. The van der Waals surface area contributed by atoms with Crippen molar-refractivity contribution in [3.63, 3.8) is 0 Å². The number of nitrogens with one attached hydrogen (secondary N) is 1. The zero-order valence-corrected chi connectivity index (χ0v) is 11.5. The fourth-order valence-electron chi connectivity index (χ4n) is 3.54. The standard InChI is InChI=1S/C13H19N3O2S/c14-13-10(2-1-3-12(13)19(15,17)18)16-11-7-8-4-5-9(11)6-8/h1-3,8-9,11,16H,4-7,14H2,(H2,15,17,18). The van der Waals surface area contributed by atoms with Gasteiger partial charge in [-0.1, -0.05) is 12.5 Å². The summed E-state index contributed by atoms with van der Waals surface area (Å²) in [5.74, 6) is 1.52. The topological polar surface area (TPSA) is 98.2 Å². The highest BCUT2D eigenvalue weighted by molar-refractivity contribution is 7.89. The van der Waals surface area contributed by atoms with Crippen LogP contribution in [0.2, 0.25) is 0 Å². The van der Waals surface area contributed by atoms with E-state index >= 15 is 0 Å². The minimum Gasteiger partial charge on any atom is -0.396 e. The lowest BCUT2D eigenvalue weighted by molar-refractivity contribution is 0.440. The van der Waals surface area contributed by atoms with Crippen molar-refractivity contribution >= 4 is 21.4 Å². The van der Waals surface area contributed by atoms with E-state index in [1.54, 1.807) is 6.07 Å². The summed E-state index contributed by atoms with van der Waals surface area (Å²) in [5, 5.41) is 8.57. The molecule has 6 heteroatoms. The Morgan fingerprint density at radius 1 is 1.21 bits per heavy atom. The number of sulfonamides is 1. The maximum atomic E-state index is 11.4. The van der Waals surface area contributed by atoms with E-state index in [9.17, 15) is 8.42 Å². The van der Waals surface area contributed by atoms with Gasteiger partial charge < -0.3 is 11.1 Å². The van der Waals surface area contributed by atoms with Crippen LogP contribution < -0.4 is 16.2 Å². The Hall–Kier alpha value is -1.27. The molecule has 104 valence electrons. The molecule has 0 amide bonds. The molecule has 19 heavy (non-hydrogen) atoms. The van der Waals surface area contributed by atoms with Crippen molar-refractivity contribution < 1.29 is 8.42 Å². The van der Waals surface area contributed by atoms with Gasteiger partial charge in [0.1, 0.15) is 4.90 Å². The number of primary sulfonamides is 1. The fraction of sp³-hybridized carbons (Fsp3) is 0.538. The predicted octanol–water partition coefficient (Wildman–Crippen LogP) is 1.52. The highest BCUT2D eigenvalue weighted by Gasteiger charge is 2.39. The van der Waals surface area contributed by atoms with Gasteiger partial charge in [-0.15, -0.1) is 0 Å². The first kappa shape index (κ1) is 12.7. The van der Waals surface area contributed by atoms with Crippen LogP contribution in [0.25, 0.3) is 0 Å². The summed E-state index contributed by atoms with van der Waals surface area (Å²) in [6, 6.07) is 5.34. The maximum Gasteiger partial charge on any atom is 0.240 e. The van der Waals surface area contributed by atoms with E-state index in [1.165, 1.54) is 25.3 Å². The number of rotatable bonds is 3. The molecule has 3 atom stereocenters. The van der Waals surface area contributed by atoms with Crippen molar-refractivity contribution in [1.82, 2.24) is 0 Å². The van der Waals surface area contributed by atoms with Crippen LogP contribution in [0.4, 0.5) is 11.4 Å². The van der Waals surface area contributed by atoms with Gasteiger partial charge in [0, 0.05) is 6.04 Å². The van der Waals surface area contributed by atoms with Crippen LogP contribution in [0.3, 0.4) is 0 Å². The summed E-state index contributed by atoms with van der Waals surface area (Å²) in [4.78, 5) is 0.000608. The van der Waals surface area contributed by atoms with Gasteiger partial charge in [0.15, 0.2) is 0 Å². The molecule has 3 rings (SSSR count). The van der Waals surface area contributed by atoms with Gasteiger partial charge in [-0.05, 0) is 43.2 Å². The minimum atomic E-state index is -3.76. The van der Waals surface area contributed by atoms with E-state index in [-0.39, 0.29) is 10.6 Å². The molecule has 0 spiro atoms. The number of benzene rings is 1. The van der Waals surface area contributed by atoms with Crippen molar-refractivity contribution in [2.75, 3.05) is 11.1 Å². The Balaban J connectivity index is 1.86. The smallest absolute Gasteiger partial charge is 0.240 e. The molecule has 2 aliphatic rings. The number of anilines is 2. The molecule has 5 N–H and O–H groups in total. The SMILES string of the molecule is Nc1c(NC2CC3CCC2C3)cccc1S(N)(=O)=O. The molecule has 0 radical (unpaired) electrons. The van der Waals surface area contributed by atoms with E-state index in [4.69, 9.17) is 10.9 Å². The fourth-order valence-corrected chi connectivity index (χ4v) is 4.22. The number of nitrogen functional groups attached to an aromatic ring is 1. The van der Waals surface area contributed by atoms with Crippen LogP contribution in [0.15, 0.2) is 23.1 Å². The molecular weight excluding hydrogens is 262 g/mol. The highest BCUT2D eigenvalue weighted by Crippen LogP contribution is 2.46. The molecule has 1 aromatic rings. The Bertz CT molecular complexity index is 600. The molecule has 2 bridgehead atoms. The summed E-state index contributed by atoms with van der Waals surface area (Å²) in [5.41, 5.74) is 6.84. The van der Waals surface area contributed by atoms with Crippen molar-refractivity contribution in [3.05, 3.63) is 18.2 Å². The van der Waals surface area contributed by atoms with Crippen LogP contribution in [-0.2, 0) is 10.0 Å². The summed E-state index contributed by atoms with van der Waals surface area (Å²) < 4.78 is 22.9. The molecule has 0 heterocycles. The summed E-state index contributed by atoms with van der Waals surface area (Å²) in [7, 11) is -3.76. The van der Waals surface area contributed by atoms with Crippen molar-refractivity contribution in [2.24, 2.45) is 17.0 Å². The Kier molecular flexibility index (Phi) is 2.94. The second-order valence-corrected chi connectivity index (χ2v) is 7.22. The van der Waals surface area contributed by atoms with Crippen molar-refractivity contribution in [3.8, 4) is 0 Å². The van der Waals surface area contributed by atoms with Gasteiger partial charge in [-0.25, -0.2) is 13.6 Å². The largest absolute Gasteiger partial charge is 0.396 e. The first-order valence-electron chi connectivity index (χ1n) is 6.63. The Labute approximate surface area is 113 Å². The van der Waals surface area contributed by atoms with Crippen molar-refractivity contribution in [1.29, 1.82) is 0 Å². The molecule has 5 nitrogen and oxygen atoms in total. The van der Waals surface area contributed by atoms with Gasteiger partial charge in [0.25, 0.3) is 0 Å². The lowest BCUT2D eigenvalue weighted by Crippen LogP contribution is -2.26. The zero-order valence-electron chi connectivity index (χ0n) is 10.7. The zero-order chi connectivity index (χ0) is 13.6. The average Bonchev–Trinajstić information content (AvgIpc) is 2.92. The first-order chi connectivity index (χ1) is 8.95. The number of hydrogen-bond donors (Lipinski definition) is 3. The first-order valence-corrected chi connectivity index (χ1v) is 8.17. The van der Waals surface area contributed by atoms with Gasteiger partial charge in [0.05, 0.1) is 11.4 Å². The highest BCUT2D eigenvalue weighted by atomic mass is 32.2. The molecule has 3 unspecified atom stereocenters. The van der Waals surface area contributed by atoms with E-state index in [0.29, 0.717) is 17.6 Å². The molecule has 0 aromatic heterocycles. The Morgan fingerprint density at radius 2 is 2.00 bits per heavy atom. The van der Waals surface area contributed by atoms with Gasteiger partial charge in [0.2, 0.25) is 10.0 Å². The third kappa shape index (κ3) is 2.30. The van der Waals surface area contributed by atoms with Crippen LogP contribution in [0, 0.1) is 11.8 Å². The maximum absolute atomic E-state index is 11.4. The lowest BCUT2D eigenvalue weighted by Gasteiger charge is -2.25. The summed E-state index contributed by atoms with van der Waals surface area (Å²) in [6.45, 7) is 0. The lowest BCUT2D eigenvalue weighted by atomic mass is 9.95. The van der Waals surface area contributed by atoms with Gasteiger partial charge >= 0.3 is 0 Å². The van der Waals surface area contributed by atoms with Gasteiger partial charge in [-0.2, -0.15) is 0 Å². The summed E-state index contributed by atoms with van der Waals surface area (Å²) >= 11 is 0. The second kappa shape index (κ2) is 4.38. The van der Waals surface area contributed by atoms with E-state index in [0.717, 1.165) is 12.3 Å². The number of para-hydroxylation sites is 1. The number of nitrogens with two attached hydrogens (primary N) is 2. The van der Waals surface area contributed by atoms with E-state index in [2.05, 4.69) is 5.32 Å². The average molecular weight is 281 g/mol. The van der Waals surface area contributed by atoms with Crippen LogP contribution in [0.1, 0.15) is 25.7 Å². The van der Waals surface area contributed by atoms with Crippen LogP contribution in [0.5, 0.6) is 0 Å². The third-order valence-corrected chi connectivity index (χ3v) is 5.42. The molecular formula is C13H19N3O2S. The van der Waals surface area contributed by atoms with E-state index in [1.807, 2.05) is 6.07 Å². The number of fused-ring (bicyclic) bond motifs is 2. The third-order valence-electron chi connectivity index (χ3n) is 4.45. The molecule has 2 fully saturated rings. The predicted molar refractivity (Wildman–Crippen MR) is 75.1 cm³/mol. The van der Waals surface area contributed by atoms with Crippen molar-refractivity contribution in [2.45, 2.75) is 36.6 Å².